The minimum absolute atomic E-state index is 0.0882. The van der Waals surface area contributed by atoms with Gasteiger partial charge in [0.25, 0.3) is 5.92 Å². The summed E-state index contributed by atoms with van der Waals surface area (Å²) in [6, 6.07) is 5.73. The van der Waals surface area contributed by atoms with Crippen molar-refractivity contribution in [2.24, 2.45) is 4.99 Å². The van der Waals surface area contributed by atoms with Gasteiger partial charge in [0.2, 0.25) is 0 Å². The first-order valence-electron chi connectivity index (χ1n) is 10.8. The van der Waals surface area contributed by atoms with Gasteiger partial charge in [-0.25, -0.2) is 27.9 Å². The maximum atomic E-state index is 14.1. The van der Waals surface area contributed by atoms with Crippen LogP contribution in [0.5, 0.6) is 0 Å². The lowest BCUT2D eigenvalue weighted by molar-refractivity contribution is -0.139. The SMILES string of the molecule is CCOC(=O)C1=C(CN2CCCC(F)(F)C2)NC(c2nccs2)=NC1(C)c1ccc(F)cc1. The minimum atomic E-state index is -2.79. The van der Waals surface area contributed by atoms with E-state index in [2.05, 4.69) is 10.3 Å². The van der Waals surface area contributed by atoms with Crippen LogP contribution >= 0.6 is 11.3 Å². The Kier molecular flexibility index (Phi) is 6.58. The molecule has 1 aromatic heterocycles. The number of halogens is 3. The van der Waals surface area contributed by atoms with E-state index in [-0.39, 0.29) is 25.1 Å². The fourth-order valence-corrected chi connectivity index (χ4v) is 4.86. The Bertz CT molecular complexity index is 1070. The molecule has 0 aliphatic carbocycles. The highest BCUT2D eigenvalue weighted by Crippen LogP contribution is 2.39. The average Bonchev–Trinajstić information content (AvgIpc) is 3.28. The maximum Gasteiger partial charge on any atom is 0.338 e. The van der Waals surface area contributed by atoms with Gasteiger partial charge in [0.15, 0.2) is 10.8 Å². The van der Waals surface area contributed by atoms with Crippen molar-refractivity contribution in [2.75, 3.05) is 26.2 Å². The fourth-order valence-electron chi connectivity index (χ4n) is 4.28. The summed E-state index contributed by atoms with van der Waals surface area (Å²) in [4.78, 5) is 23.9. The number of aliphatic imine (C=N–C) groups is 1. The molecular formula is C23H25F3N4O2S. The molecule has 0 bridgehead atoms. The normalized spacial score (nSPS) is 23.1. The molecule has 1 aromatic carbocycles. The first-order valence-corrected chi connectivity index (χ1v) is 11.6. The Morgan fingerprint density at radius 2 is 2.06 bits per heavy atom. The topological polar surface area (TPSA) is 66.8 Å². The summed E-state index contributed by atoms with van der Waals surface area (Å²) in [5, 5.41) is 5.56. The number of rotatable bonds is 6. The summed E-state index contributed by atoms with van der Waals surface area (Å²) < 4.78 is 47.2. The van der Waals surface area contributed by atoms with Gasteiger partial charge in [-0.05, 0) is 44.5 Å². The molecule has 3 heterocycles. The molecule has 1 N–H and O–H groups in total. The molecular weight excluding hydrogens is 453 g/mol. The van der Waals surface area contributed by atoms with Crippen molar-refractivity contribution in [1.82, 2.24) is 15.2 Å². The van der Waals surface area contributed by atoms with E-state index in [9.17, 15) is 18.0 Å². The molecule has 1 unspecified atom stereocenters. The summed E-state index contributed by atoms with van der Waals surface area (Å²) in [7, 11) is 0. The van der Waals surface area contributed by atoms with Crippen LogP contribution in [-0.2, 0) is 15.1 Å². The molecule has 0 saturated carbocycles. The zero-order chi connectivity index (χ0) is 23.6. The van der Waals surface area contributed by atoms with Gasteiger partial charge in [-0.2, -0.15) is 0 Å². The number of nitrogens with one attached hydrogen (secondary N) is 1. The molecule has 2 aromatic rings. The number of carbonyl (C=O) groups is 1. The molecule has 4 rings (SSSR count). The van der Waals surface area contributed by atoms with E-state index in [1.165, 1.54) is 23.5 Å². The Labute approximate surface area is 194 Å². The van der Waals surface area contributed by atoms with Crippen molar-refractivity contribution >= 4 is 23.1 Å². The number of likely N-dealkylation sites (tertiary alicyclic amines) is 1. The molecule has 1 saturated heterocycles. The van der Waals surface area contributed by atoms with Crippen LogP contribution < -0.4 is 5.32 Å². The van der Waals surface area contributed by atoms with Crippen LogP contribution in [0.15, 0.2) is 52.1 Å². The van der Waals surface area contributed by atoms with Gasteiger partial charge in [-0.15, -0.1) is 11.3 Å². The van der Waals surface area contributed by atoms with Crippen LogP contribution in [0.2, 0.25) is 0 Å². The molecule has 33 heavy (non-hydrogen) atoms. The van der Waals surface area contributed by atoms with Gasteiger partial charge in [0.05, 0.1) is 18.7 Å². The van der Waals surface area contributed by atoms with Crippen LogP contribution in [0.1, 0.15) is 37.3 Å². The number of alkyl halides is 2. The maximum absolute atomic E-state index is 14.1. The van der Waals surface area contributed by atoms with Crippen molar-refractivity contribution in [3.05, 3.63) is 63.5 Å². The number of nitrogens with zero attached hydrogens (tertiary/aromatic N) is 3. The molecule has 10 heteroatoms. The molecule has 1 atom stereocenters. The summed E-state index contributed by atoms with van der Waals surface area (Å²) in [5.74, 6) is -3.39. The number of hydrogen-bond donors (Lipinski definition) is 1. The Morgan fingerprint density at radius 1 is 1.30 bits per heavy atom. The van der Waals surface area contributed by atoms with E-state index >= 15 is 0 Å². The van der Waals surface area contributed by atoms with Gasteiger partial charge in [-0.1, -0.05) is 12.1 Å². The van der Waals surface area contributed by atoms with Crippen molar-refractivity contribution in [1.29, 1.82) is 0 Å². The molecule has 0 spiro atoms. The lowest BCUT2D eigenvalue weighted by atomic mass is 9.82. The fraction of sp³-hybridized carbons (Fsp3) is 0.435. The number of piperidine rings is 1. The van der Waals surface area contributed by atoms with Crippen LogP contribution in [-0.4, -0.2) is 53.9 Å². The number of hydrogen-bond acceptors (Lipinski definition) is 7. The van der Waals surface area contributed by atoms with E-state index in [4.69, 9.17) is 9.73 Å². The third kappa shape index (κ3) is 4.96. The average molecular weight is 479 g/mol. The van der Waals surface area contributed by atoms with E-state index in [1.54, 1.807) is 42.5 Å². The number of thiazole rings is 1. The largest absolute Gasteiger partial charge is 0.463 e. The third-order valence-corrected chi connectivity index (χ3v) is 6.55. The highest BCUT2D eigenvalue weighted by atomic mass is 32.1. The van der Waals surface area contributed by atoms with Gasteiger partial charge in [0, 0.05) is 30.2 Å². The second-order valence-corrected chi connectivity index (χ2v) is 9.14. The number of aromatic nitrogens is 1. The van der Waals surface area contributed by atoms with Crippen molar-refractivity contribution < 1.29 is 22.7 Å². The quantitative estimate of drug-likeness (QED) is 0.634. The van der Waals surface area contributed by atoms with Gasteiger partial charge in [-0.3, -0.25) is 4.90 Å². The monoisotopic (exact) mass is 478 g/mol. The van der Waals surface area contributed by atoms with Crippen molar-refractivity contribution in [2.45, 2.75) is 38.2 Å². The zero-order valence-corrected chi connectivity index (χ0v) is 19.2. The smallest absolute Gasteiger partial charge is 0.338 e. The zero-order valence-electron chi connectivity index (χ0n) is 18.4. The van der Waals surface area contributed by atoms with Crippen LogP contribution in [0.25, 0.3) is 0 Å². The number of ether oxygens (including phenoxy) is 1. The summed E-state index contributed by atoms with van der Waals surface area (Å²) >= 11 is 1.36. The number of benzene rings is 1. The van der Waals surface area contributed by atoms with Crippen LogP contribution in [0.4, 0.5) is 13.2 Å². The second-order valence-electron chi connectivity index (χ2n) is 8.25. The first kappa shape index (κ1) is 23.4. The Morgan fingerprint density at radius 3 is 2.70 bits per heavy atom. The Balaban J connectivity index is 1.83. The lowest BCUT2D eigenvalue weighted by Gasteiger charge is -2.38. The molecule has 0 amide bonds. The van der Waals surface area contributed by atoms with Gasteiger partial charge in [0.1, 0.15) is 11.4 Å². The molecule has 2 aliphatic rings. The molecule has 0 radical (unpaired) electrons. The van der Waals surface area contributed by atoms with Gasteiger partial charge < -0.3 is 10.1 Å². The second kappa shape index (κ2) is 9.26. The number of carbonyl (C=O) groups excluding carboxylic acids is 1. The molecule has 1 fully saturated rings. The standard InChI is InChI=1S/C23H25F3N4O2S/c1-3-32-21(31)18-17(13-30-11-4-9-23(25,26)14-30)28-19(20-27-10-12-33-20)29-22(18,2)15-5-7-16(24)8-6-15/h5-8,10,12H,3-4,9,11,13-14H2,1-2H3,(H,28,29). The van der Waals surface area contributed by atoms with Gasteiger partial charge >= 0.3 is 5.97 Å². The van der Waals surface area contributed by atoms with Crippen LogP contribution in [0, 0.1) is 5.82 Å². The predicted molar refractivity (Wildman–Crippen MR) is 120 cm³/mol. The highest BCUT2D eigenvalue weighted by Gasteiger charge is 2.44. The van der Waals surface area contributed by atoms with E-state index < -0.39 is 29.8 Å². The van der Waals surface area contributed by atoms with E-state index in [0.29, 0.717) is 35.1 Å². The molecule has 6 nitrogen and oxygen atoms in total. The Hall–Kier alpha value is -2.72. The van der Waals surface area contributed by atoms with Crippen molar-refractivity contribution in [3.8, 4) is 0 Å². The highest BCUT2D eigenvalue weighted by molar-refractivity contribution is 7.11. The first-order chi connectivity index (χ1) is 15.7. The molecule has 2 aliphatic heterocycles. The lowest BCUT2D eigenvalue weighted by Crippen LogP contribution is -2.48. The number of esters is 1. The summed E-state index contributed by atoms with van der Waals surface area (Å²) in [6.45, 7) is 3.74. The predicted octanol–water partition coefficient (Wildman–Crippen LogP) is 4.10. The van der Waals surface area contributed by atoms with E-state index in [0.717, 1.165) is 0 Å². The number of amidine groups is 1. The minimum Gasteiger partial charge on any atom is -0.463 e. The summed E-state index contributed by atoms with van der Waals surface area (Å²) in [5.41, 5.74) is -0.0212. The van der Waals surface area contributed by atoms with Crippen molar-refractivity contribution in [3.63, 3.8) is 0 Å². The van der Waals surface area contributed by atoms with E-state index in [1.807, 2.05) is 0 Å². The third-order valence-electron chi connectivity index (χ3n) is 5.77. The molecule has 176 valence electrons. The van der Waals surface area contributed by atoms with Crippen LogP contribution in [0.3, 0.4) is 0 Å². The summed E-state index contributed by atoms with van der Waals surface area (Å²) in [6.07, 6.45) is 1.84.